The minimum absolute atomic E-state index is 0.324. The van der Waals surface area contributed by atoms with Gasteiger partial charge in [0.2, 0.25) is 5.91 Å². The van der Waals surface area contributed by atoms with E-state index in [1.54, 1.807) is 0 Å². The molecule has 0 aromatic heterocycles. The molecular formula is C18H16F3NO. The number of alkyl halides is 3. The van der Waals surface area contributed by atoms with Gasteiger partial charge in [0, 0.05) is 12.6 Å². The van der Waals surface area contributed by atoms with Crippen molar-refractivity contribution in [2.24, 2.45) is 0 Å². The quantitative estimate of drug-likeness (QED) is 0.834. The van der Waals surface area contributed by atoms with Crippen LogP contribution >= 0.6 is 0 Å². The Morgan fingerprint density at radius 1 is 1.13 bits per heavy atom. The predicted octanol–water partition coefficient (Wildman–Crippen LogP) is 4.34. The average molecular weight is 319 g/mol. The van der Waals surface area contributed by atoms with Crippen molar-refractivity contribution in [2.45, 2.75) is 19.6 Å². The summed E-state index contributed by atoms with van der Waals surface area (Å²) in [5.41, 5.74) is 1.67. The van der Waals surface area contributed by atoms with Gasteiger partial charge in [-0.05, 0) is 36.3 Å². The van der Waals surface area contributed by atoms with E-state index >= 15 is 0 Å². The van der Waals surface area contributed by atoms with Gasteiger partial charge in [0.1, 0.15) is 0 Å². The Labute approximate surface area is 132 Å². The summed E-state index contributed by atoms with van der Waals surface area (Å²) in [6, 6.07) is 12.5. The van der Waals surface area contributed by atoms with E-state index in [4.69, 9.17) is 0 Å². The van der Waals surface area contributed by atoms with Crippen LogP contribution < -0.4 is 5.32 Å². The second kappa shape index (κ2) is 7.13. The molecule has 0 fully saturated rings. The fraction of sp³-hybridized carbons (Fsp3) is 0.167. The standard InChI is InChI=1S/C18H16F3NO/c1-13-5-7-15(8-6-13)12-22-17(23)10-9-14-3-2-4-16(11-14)18(19,20)21/h2-11H,12H2,1H3,(H,22,23). The number of hydrogen-bond donors (Lipinski definition) is 1. The molecule has 0 saturated carbocycles. The van der Waals surface area contributed by atoms with Crippen LogP contribution in [0.3, 0.4) is 0 Å². The van der Waals surface area contributed by atoms with Crippen molar-refractivity contribution in [1.82, 2.24) is 5.32 Å². The molecule has 23 heavy (non-hydrogen) atoms. The molecule has 0 aliphatic carbocycles. The van der Waals surface area contributed by atoms with Crippen LogP contribution in [0.1, 0.15) is 22.3 Å². The largest absolute Gasteiger partial charge is 0.416 e. The van der Waals surface area contributed by atoms with Crippen LogP contribution in [-0.2, 0) is 17.5 Å². The van der Waals surface area contributed by atoms with Gasteiger partial charge in [-0.2, -0.15) is 13.2 Å². The number of carbonyl (C=O) groups is 1. The van der Waals surface area contributed by atoms with Crippen molar-refractivity contribution in [3.63, 3.8) is 0 Å². The van der Waals surface area contributed by atoms with Crippen LogP contribution in [0.2, 0.25) is 0 Å². The van der Waals surface area contributed by atoms with Gasteiger partial charge in [0.05, 0.1) is 5.56 Å². The van der Waals surface area contributed by atoms with Crippen LogP contribution in [0.25, 0.3) is 6.08 Å². The molecule has 0 heterocycles. The monoisotopic (exact) mass is 319 g/mol. The Morgan fingerprint density at radius 3 is 2.48 bits per heavy atom. The number of nitrogens with one attached hydrogen (secondary N) is 1. The van der Waals surface area contributed by atoms with Gasteiger partial charge < -0.3 is 5.32 Å². The summed E-state index contributed by atoms with van der Waals surface area (Å²) in [6.07, 6.45) is -1.80. The second-order valence-corrected chi connectivity index (χ2v) is 5.16. The van der Waals surface area contributed by atoms with Crippen molar-refractivity contribution >= 4 is 12.0 Å². The number of aryl methyl sites for hydroxylation is 1. The van der Waals surface area contributed by atoms with E-state index in [2.05, 4.69) is 5.32 Å². The second-order valence-electron chi connectivity index (χ2n) is 5.16. The lowest BCUT2D eigenvalue weighted by atomic mass is 10.1. The van der Waals surface area contributed by atoms with E-state index in [1.165, 1.54) is 24.3 Å². The van der Waals surface area contributed by atoms with E-state index in [-0.39, 0.29) is 5.91 Å². The SMILES string of the molecule is Cc1ccc(CNC(=O)C=Cc2cccc(C(F)(F)F)c2)cc1. The molecule has 0 spiro atoms. The molecule has 0 unspecified atom stereocenters. The summed E-state index contributed by atoms with van der Waals surface area (Å²) >= 11 is 0. The number of rotatable bonds is 4. The zero-order valence-electron chi connectivity index (χ0n) is 12.5. The molecule has 0 radical (unpaired) electrons. The molecular weight excluding hydrogens is 303 g/mol. The first-order valence-electron chi connectivity index (χ1n) is 7.03. The van der Waals surface area contributed by atoms with Crippen molar-refractivity contribution in [3.05, 3.63) is 76.9 Å². The number of carbonyl (C=O) groups excluding carboxylic acids is 1. The number of halogens is 3. The Kier molecular flexibility index (Phi) is 5.21. The molecule has 0 aliphatic heterocycles. The molecule has 2 aromatic rings. The van der Waals surface area contributed by atoms with Crippen LogP contribution in [0, 0.1) is 6.92 Å². The molecule has 0 bridgehead atoms. The van der Waals surface area contributed by atoms with Gasteiger partial charge in [0.25, 0.3) is 0 Å². The van der Waals surface area contributed by atoms with Gasteiger partial charge in [0.15, 0.2) is 0 Å². The van der Waals surface area contributed by atoms with Crippen molar-refractivity contribution < 1.29 is 18.0 Å². The summed E-state index contributed by atoms with van der Waals surface area (Å²) in [6.45, 7) is 2.34. The van der Waals surface area contributed by atoms with Crippen molar-refractivity contribution in [3.8, 4) is 0 Å². The van der Waals surface area contributed by atoms with Crippen molar-refractivity contribution in [1.29, 1.82) is 0 Å². The number of hydrogen-bond acceptors (Lipinski definition) is 1. The normalized spacial score (nSPS) is 11.7. The van der Waals surface area contributed by atoms with Gasteiger partial charge >= 0.3 is 6.18 Å². The highest BCUT2D eigenvalue weighted by atomic mass is 19.4. The molecule has 2 nitrogen and oxygen atoms in total. The Hall–Kier alpha value is -2.56. The third-order valence-electron chi connectivity index (χ3n) is 3.23. The summed E-state index contributed by atoms with van der Waals surface area (Å²) in [5.74, 6) is -0.358. The van der Waals surface area contributed by atoms with Crippen molar-refractivity contribution in [2.75, 3.05) is 0 Å². The fourth-order valence-electron chi connectivity index (χ4n) is 1.94. The first kappa shape index (κ1) is 16.8. The highest BCUT2D eigenvalue weighted by Gasteiger charge is 2.30. The molecule has 1 N–H and O–H groups in total. The average Bonchev–Trinajstić information content (AvgIpc) is 2.52. The third kappa shape index (κ3) is 5.29. The van der Waals surface area contributed by atoms with E-state index in [1.807, 2.05) is 31.2 Å². The van der Waals surface area contributed by atoms with Gasteiger partial charge in [-0.15, -0.1) is 0 Å². The molecule has 2 aromatic carbocycles. The topological polar surface area (TPSA) is 29.1 Å². The van der Waals surface area contributed by atoms with Gasteiger partial charge in [-0.1, -0.05) is 42.0 Å². The molecule has 5 heteroatoms. The molecule has 1 amide bonds. The maximum Gasteiger partial charge on any atom is 0.416 e. The van der Waals surface area contributed by atoms with E-state index in [0.29, 0.717) is 12.1 Å². The first-order valence-corrected chi connectivity index (χ1v) is 7.03. The highest BCUT2D eigenvalue weighted by Crippen LogP contribution is 2.29. The zero-order chi connectivity index (χ0) is 16.9. The van der Waals surface area contributed by atoms with Crippen LogP contribution in [0.15, 0.2) is 54.6 Å². The fourth-order valence-corrected chi connectivity index (χ4v) is 1.94. The lowest BCUT2D eigenvalue weighted by molar-refractivity contribution is -0.137. The smallest absolute Gasteiger partial charge is 0.348 e. The summed E-state index contributed by atoms with van der Waals surface area (Å²) in [7, 11) is 0. The van der Waals surface area contributed by atoms with E-state index < -0.39 is 11.7 Å². The molecule has 2 rings (SSSR count). The summed E-state index contributed by atoms with van der Waals surface area (Å²) in [4.78, 5) is 11.7. The number of benzene rings is 2. The predicted molar refractivity (Wildman–Crippen MR) is 83.5 cm³/mol. The Morgan fingerprint density at radius 2 is 1.83 bits per heavy atom. The van der Waals surface area contributed by atoms with Gasteiger partial charge in [-0.25, -0.2) is 0 Å². The van der Waals surface area contributed by atoms with Gasteiger partial charge in [-0.3, -0.25) is 4.79 Å². The van der Waals surface area contributed by atoms with E-state index in [9.17, 15) is 18.0 Å². The Bertz CT molecular complexity index is 703. The number of amides is 1. The lowest BCUT2D eigenvalue weighted by Gasteiger charge is -2.06. The lowest BCUT2D eigenvalue weighted by Crippen LogP contribution is -2.20. The molecule has 120 valence electrons. The minimum atomic E-state index is -4.39. The first-order chi connectivity index (χ1) is 10.8. The summed E-state index contributed by atoms with van der Waals surface area (Å²) in [5, 5.41) is 2.69. The van der Waals surface area contributed by atoms with Crippen LogP contribution in [0.4, 0.5) is 13.2 Å². The van der Waals surface area contributed by atoms with Crippen LogP contribution in [0.5, 0.6) is 0 Å². The maximum atomic E-state index is 12.6. The van der Waals surface area contributed by atoms with Crippen LogP contribution in [-0.4, -0.2) is 5.91 Å². The third-order valence-corrected chi connectivity index (χ3v) is 3.23. The Balaban J connectivity index is 1.94. The minimum Gasteiger partial charge on any atom is -0.348 e. The maximum absolute atomic E-state index is 12.6. The zero-order valence-corrected chi connectivity index (χ0v) is 12.5. The molecule has 0 saturated heterocycles. The molecule has 0 aliphatic rings. The summed E-state index contributed by atoms with van der Waals surface area (Å²) < 4.78 is 37.8. The highest BCUT2D eigenvalue weighted by molar-refractivity contribution is 5.91. The van der Waals surface area contributed by atoms with E-state index in [0.717, 1.165) is 23.3 Å². The molecule has 0 atom stereocenters.